The first kappa shape index (κ1) is 16.8. The van der Waals surface area contributed by atoms with E-state index in [9.17, 15) is 4.79 Å². The highest BCUT2D eigenvalue weighted by Crippen LogP contribution is 2.24. The second kappa shape index (κ2) is 8.15. The molecule has 0 saturated carbocycles. The normalized spacial score (nSPS) is 10.3. The van der Waals surface area contributed by atoms with E-state index in [1.165, 1.54) is 6.20 Å². The molecule has 6 heteroatoms. The molecule has 0 bridgehead atoms. The molecule has 0 aliphatic carbocycles. The Balaban J connectivity index is 2.16. The molecule has 2 aromatic rings. The van der Waals surface area contributed by atoms with Gasteiger partial charge in [0.1, 0.15) is 10.9 Å². The molecule has 1 N–H and O–H groups in total. The highest BCUT2D eigenvalue weighted by molar-refractivity contribution is 9.10. The van der Waals surface area contributed by atoms with Crippen LogP contribution in [-0.4, -0.2) is 17.5 Å². The van der Waals surface area contributed by atoms with Gasteiger partial charge in [0.25, 0.3) is 5.91 Å². The van der Waals surface area contributed by atoms with Crippen molar-refractivity contribution in [1.29, 1.82) is 0 Å². The summed E-state index contributed by atoms with van der Waals surface area (Å²) in [7, 11) is 0. The van der Waals surface area contributed by atoms with Crippen molar-refractivity contribution in [2.75, 3.05) is 11.9 Å². The number of benzene rings is 1. The van der Waals surface area contributed by atoms with Gasteiger partial charge in [-0.15, -0.1) is 0 Å². The quantitative estimate of drug-likeness (QED) is 0.568. The van der Waals surface area contributed by atoms with Crippen LogP contribution in [-0.2, 0) is 0 Å². The van der Waals surface area contributed by atoms with Gasteiger partial charge in [0.15, 0.2) is 0 Å². The first-order valence-corrected chi connectivity index (χ1v) is 8.12. The number of nitrogens with zero attached hydrogens (tertiary/aromatic N) is 1. The van der Waals surface area contributed by atoms with Gasteiger partial charge in [0, 0.05) is 4.47 Å². The number of amides is 1. The van der Waals surface area contributed by atoms with E-state index in [-0.39, 0.29) is 5.91 Å². The van der Waals surface area contributed by atoms with Crippen molar-refractivity contribution in [2.45, 2.75) is 19.8 Å². The van der Waals surface area contributed by atoms with Crippen LogP contribution < -0.4 is 10.1 Å². The number of unbranched alkanes of at least 4 members (excludes halogenated alkanes) is 1. The topological polar surface area (TPSA) is 51.2 Å². The number of pyridine rings is 1. The van der Waals surface area contributed by atoms with E-state index in [0.717, 1.165) is 17.3 Å². The van der Waals surface area contributed by atoms with E-state index in [1.807, 2.05) is 6.07 Å². The second-order valence-electron chi connectivity index (χ2n) is 4.67. The lowest BCUT2D eigenvalue weighted by Gasteiger charge is -2.12. The number of carbonyl (C=O) groups is 1. The molecule has 4 nitrogen and oxygen atoms in total. The Kier molecular flexibility index (Phi) is 6.21. The van der Waals surface area contributed by atoms with E-state index >= 15 is 0 Å². The smallest absolute Gasteiger partial charge is 0.259 e. The lowest BCUT2D eigenvalue weighted by Crippen LogP contribution is -2.14. The van der Waals surface area contributed by atoms with Crippen molar-refractivity contribution in [1.82, 2.24) is 4.98 Å². The Morgan fingerprint density at radius 2 is 2.18 bits per heavy atom. The fourth-order valence-corrected chi connectivity index (χ4v) is 2.25. The number of hydrogen-bond acceptors (Lipinski definition) is 3. The summed E-state index contributed by atoms with van der Waals surface area (Å²) in [6.07, 6.45) is 3.49. The van der Waals surface area contributed by atoms with E-state index in [1.54, 1.807) is 24.3 Å². The molecule has 0 unspecified atom stereocenters. The molecule has 0 aliphatic heterocycles. The van der Waals surface area contributed by atoms with E-state index < -0.39 is 0 Å². The number of nitrogens with one attached hydrogen (secondary N) is 1. The van der Waals surface area contributed by atoms with E-state index in [0.29, 0.717) is 28.8 Å². The molecule has 1 heterocycles. The van der Waals surface area contributed by atoms with Crippen molar-refractivity contribution in [3.63, 3.8) is 0 Å². The molecular formula is C16H16BrClN2O2. The Hall–Kier alpha value is -1.59. The summed E-state index contributed by atoms with van der Waals surface area (Å²) in [6.45, 7) is 2.67. The molecule has 0 atom stereocenters. The number of aromatic nitrogens is 1. The third kappa shape index (κ3) is 4.71. The Morgan fingerprint density at radius 3 is 2.86 bits per heavy atom. The Morgan fingerprint density at radius 1 is 1.36 bits per heavy atom. The monoisotopic (exact) mass is 382 g/mol. The maximum Gasteiger partial charge on any atom is 0.259 e. The highest BCUT2D eigenvalue weighted by Gasteiger charge is 2.14. The molecule has 0 saturated heterocycles. The lowest BCUT2D eigenvalue weighted by molar-refractivity contribution is 0.102. The average Bonchev–Trinajstić information content (AvgIpc) is 2.51. The number of ether oxygens (including phenoxy) is 1. The van der Waals surface area contributed by atoms with Gasteiger partial charge in [-0.3, -0.25) is 4.79 Å². The molecule has 1 aromatic carbocycles. The molecule has 0 spiro atoms. The zero-order valence-corrected chi connectivity index (χ0v) is 14.4. The fraction of sp³-hybridized carbons (Fsp3) is 0.250. The van der Waals surface area contributed by atoms with Crippen LogP contribution in [0.4, 0.5) is 5.69 Å². The van der Waals surface area contributed by atoms with Gasteiger partial charge in [-0.25, -0.2) is 4.98 Å². The summed E-state index contributed by atoms with van der Waals surface area (Å²) in [4.78, 5) is 16.4. The van der Waals surface area contributed by atoms with Crippen molar-refractivity contribution >= 4 is 39.1 Å². The van der Waals surface area contributed by atoms with Crippen LogP contribution in [0.25, 0.3) is 0 Å². The number of carbonyl (C=O) groups excluding carboxylic acids is 1. The number of halogens is 2. The summed E-state index contributed by atoms with van der Waals surface area (Å²) in [5.41, 5.74) is 1.05. The SMILES string of the molecule is CCCCOc1ccc(Br)cc1C(=O)Nc1ccc(Cl)nc1. The zero-order valence-electron chi connectivity index (χ0n) is 12.1. The van der Waals surface area contributed by atoms with Gasteiger partial charge >= 0.3 is 0 Å². The van der Waals surface area contributed by atoms with Gasteiger partial charge < -0.3 is 10.1 Å². The summed E-state index contributed by atoms with van der Waals surface area (Å²) in [6, 6.07) is 8.69. The Labute approximate surface area is 143 Å². The molecule has 0 aliphatic rings. The van der Waals surface area contributed by atoms with E-state index in [2.05, 4.69) is 33.2 Å². The van der Waals surface area contributed by atoms with Gasteiger partial charge in [-0.2, -0.15) is 0 Å². The number of rotatable bonds is 6. The predicted octanol–water partition coefficient (Wildman–Crippen LogP) is 4.93. The van der Waals surface area contributed by atoms with Crippen LogP contribution in [0.2, 0.25) is 5.15 Å². The molecule has 2 rings (SSSR count). The molecule has 116 valence electrons. The van der Waals surface area contributed by atoms with Crippen LogP contribution in [0.1, 0.15) is 30.1 Å². The average molecular weight is 384 g/mol. The summed E-state index contributed by atoms with van der Waals surface area (Å²) in [5.74, 6) is 0.313. The van der Waals surface area contributed by atoms with Crippen molar-refractivity contribution in [3.05, 3.63) is 51.7 Å². The lowest BCUT2D eigenvalue weighted by atomic mass is 10.2. The molecule has 22 heavy (non-hydrogen) atoms. The van der Waals surface area contributed by atoms with E-state index in [4.69, 9.17) is 16.3 Å². The standard InChI is InChI=1S/C16H16BrClN2O2/c1-2-3-8-22-14-6-4-11(17)9-13(14)16(21)20-12-5-7-15(18)19-10-12/h4-7,9-10H,2-3,8H2,1H3,(H,20,21). The molecule has 0 fully saturated rings. The van der Waals surface area contributed by atoms with Crippen molar-refractivity contribution < 1.29 is 9.53 Å². The fourth-order valence-electron chi connectivity index (χ4n) is 1.78. The number of hydrogen-bond donors (Lipinski definition) is 1. The van der Waals surface area contributed by atoms with Crippen molar-refractivity contribution in [3.8, 4) is 5.75 Å². The molecule has 1 amide bonds. The molecule has 0 radical (unpaired) electrons. The second-order valence-corrected chi connectivity index (χ2v) is 5.97. The first-order valence-electron chi connectivity index (χ1n) is 6.95. The third-order valence-corrected chi connectivity index (χ3v) is 3.64. The van der Waals surface area contributed by atoms with Crippen LogP contribution in [0.15, 0.2) is 41.0 Å². The first-order chi connectivity index (χ1) is 10.6. The summed E-state index contributed by atoms with van der Waals surface area (Å²) >= 11 is 9.11. The van der Waals surface area contributed by atoms with Crippen LogP contribution in [0.5, 0.6) is 5.75 Å². The Bertz CT molecular complexity index is 647. The number of anilines is 1. The minimum atomic E-state index is -0.253. The minimum Gasteiger partial charge on any atom is -0.493 e. The van der Waals surface area contributed by atoms with Gasteiger partial charge in [-0.1, -0.05) is 40.9 Å². The third-order valence-electron chi connectivity index (χ3n) is 2.93. The van der Waals surface area contributed by atoms with Crippen LogP contribution >= 0.6 is 27.5 Å². The van der Waals surface area contributed by atoms with Gasteiger partial charge in [0.2, 0.25) is 0 Å². The summed E-state index contributed by atoms with van der Waals surface area (Å²) < 4.78 is 6.51. The van der Waals surface area contributed by atoms with Crippen molar-refractivity contribution in [2.24, 2.45) is 0 Å². The van der Waals surface area contributed by atoms with Gasteiger partial charge in [-0.05, 0) is 36.8 Å². The maximum atomic E-state index is 12.4. The molecule has 1 aromatic heterocycles. The van der Waals surface area contributed by atoms with Gasteiger partial charge in [0.05, 0.1) is 24.1 Å². The predicted molar refractivity (Wildman–Crippen MR) is 91.7 cm³/mol. The van der Waals surface area contributed by atoms with Crippen LogP contribution in [0.3, 0.4) is 0 Å². The molecular weight excluding hydrogens is 368 g/mol. The zero-order chi connectivity index (χ0) is 15.9. The van der Waals surface area contributed by atoms with Crippen LogP contribution in [0, 0.1) is 0 Å². The highest BCUT2D eigenvalue weighted by atomic mass is 79.9. The summed E-state index contributed by atoms with van der Waals surface area (Å²) in [5, 5.41) is 3.16. The maximum absolute atomic E-state index is 12.4. The largest absolute Gasteiger partial charge is 0.493 e. The minimum absolute atomic E-state index is 0.253.